The predicted molar refractivity (Wildman–Crippen MR) is 118 cm³/mol. The SMILES string of the molecule is CN=C(NCc1cccc(COCC(F)(F)F)c1)NC1CCN(C(=O)OC)CC1.I. The average molecular weight is 544 g/mol. The Kier molecular flexibility index (Phi) is 11.2. The summed E-state index contributed by atoms with van der Waals surface area (Å²) in [6, 6.07) is 7.36. The highest BCUT2D eigenvalue weighted by Gasteiger charge is 2.27. The maximum absolute atomic E-state index is 12.2. The van der Waals surface area contributed by atoms with Gasteiger partial charge in [0.15, 0.2) is 5.96 Å². The molecule has 0 atom stereocenters. The highest BCUT2D eigenvalue weighted by Crippen LogP contribution is 2.16. The summed E-state index contributed by atoms with van der Waals surface area (Å²) in [6.07, 6.45) is -3.08. The number of likely N-dealkylation sites (tertiary alicyclic amines) is 1. The van der Waals surface area contributed by atoms with Crippen molar-refractivity contribution in [1.29, 1.82) is 0 Å². The van der Waals surface area contributed by atoms with E-state index in [-0.39, 0.29) is 42.7 Å². The second kappa shape index (κ2) is 12.8. The number of nitrogens with one attached hydrogen (secondary N) is 2. The third kappa shape index (κ3) is 9.37. The number of aliphatic imine (C=N–C) groups is 1. The molecule has 2 N–H and O–H groups in total. The van der Waals surface area contributed by atoms with Crippen molar-refractivity contribution in [2.75, 3.05) is 33.9 Å². The van der Waals surface area contributed by atoms with Gasteiger partial charge >= 0.3 is 12.3 Å². The minimum atomic E-state index is -4.33. The zero-order chi connectivity index (χ0) is 21.3. The van der Waals surface area contributed by atoms with Gasteiger partial charge in [-0.3, -0.25) is 4.99 Å². The summed E-state index contributed by atoms with van der Waals surface area (Å²) in [4.78, 5) is 17.4. The molecule has 1 aliphatic heterocycles. The number of alkyl halides is 3. The van der Waals surface area contributed by atoms with Crippen LogP contribution in [-0.2, 0) is 22.6 Å². The van der Waals surface area contributed by atoms with Crippen LogP contribution in [0.5, 0.6) is 0 Å². The zero-order valence-electron chi connectivity index (χ0n) is 17.0. The van der Waals surface area contributed by atoms with Crippen molar-refractivity contribution in [3.05, 3.63) is 35.4 Å². The Morgan fingerprint density at radius 3 is 2.53 bits per heavy atom. The van der Waals surface area contributed by atoms with Crippen LogP contribution in [0.15, 0.2) is 29.3 Å². The quantitative estimate of drug-likeness (QED) is 0.327. The summed E-state index contributed by atoms with van der Waals surface area (Å²) in [7, 11) is 3.04. The van der Waals surface area contributed by atoms with E-state index in [1.54, 1.807) is 30.1 Å². The lowest BCUT2D eigenvalue weighted by atomic mass is 10.1. The number of amides is 1. The number of hydrogen-bond donors (Lipinski definition) is 2. The second-order valence-electron chi connectivity index (χ2n) is 6.73. The standard InChI is InChI=1S/C19H27F3N4O3.HI/c1-23-17(25-16-6-8-26(9-7-16)18(27)28-2)24-11-14-4-3-5-15(10-14)12-29-13-19(20,21)22;/h3-5,10,16H,6-9,11-13H2,1-2H3,(H2,23,24,25);1H. The molecule has 170 valence electrons. The molecule has 7 nitrogen and oxygen atoms in total. The predicted octanol–water partition coefficient (Wildman–Crippen LogP) is 3.28. The van der Waals surface area contributed by atoms with E-state index < -0.39 is 12.8 Å². The number of piperidine rings is 1. The third-order valence-corrected chi connectivity index (χ3v) is 4.48. The number of carbonyl (C=O) groups is 1. The highest BCUT2D eigenvalue weighted by molar-refractivity contribution is 14.0. The number of hydrogen-bond acceptors (Lipinski definition) is 4. The molecule has 11 heteroatoms. The summed E-state index contributed by atoms with van der Waals surface area (Å²) in [5.41, 5.74) is 1.58. The molecule has 0 radical (unpaired) electrons. The zero-order valence-corrected chi connectivity index (χ0v) is 19.3. The number of methoxy groups -OCH3 is 1. The highest BCUT2D eigenvalue weighted by atomic mass is 127. The average Bonchev–Trinajstić information content (AvgIpc) is 2.70. The summed E-state index contributed by atoms with van der Waals surface area (Å²) in [5.74, 6) is 0.625. The maximum atomic E-state index is 12.2. The Morgan fingerprint density at radius 2 is 1.93 bits per heavy atom. The van der Waals surface area contributed by atoms with Crippen molar-refractivity contribution in [2.45, 2.75) is 38.2 Å². The first kappa shape index (κ1) is 26.3. The Hall–Kier alpha value is -1.76. The second-order valence-corrected chi connectivity index (χ2v) is 6.73. The molecule has 30 heavy (non-hydrogen) atoms. The van der Waals surface area contributed by atoms with E-state index in [0.29, 0.717) is 31.2 Å². The van der Waals surface area contributed by atoms with Gasteiger partial charge in [-0.2, -0.15) is 13.2 Å². The Balaban J connectivity index is 0.00000450. The minimum Gasteiger partial charge on any atom is -0.453 e. The van der Waals surface area contributed by atoms with Gasteiger partial charge in [-0.25, -0.2) is 4.79 Å². The van der Waals surface area contributed by atoms with Gasteiger partial charge in [0, 0.05) is 32.7 Å². The molecule has 0 aromatic heterocycles. The smallest absolute Gasteiger partial charge is 0.411 e. The van der Waals surface area contributed by atoms with Crippen LogP contribution in [0.4, 0.5) is 18.0 Å². The van der Waals surface area contributed by atoms with Crippen LogP contribution in [0.25, 0.3) is 0 Å². The number of rotatable bonds is 6. The van der Waals surface area contributed by atoms with Crippen molar-refractivity contribution in [2.24, 2.45) is 4.99 Å². The minimum absolute atomic E-state index is 0. The molecule has 1 aliphatic rings. The number of carbonyl (C=O) groups excluding carboxylic acids is 1. The van der Waals surface area contributed by atoms with Gasteiger partial charge in [0.05, 0.1) is 13.7 Å². The lowest BCUT2D eigenvalue weighted by molar-refractivity contribution is -0.176. The number of guanidine groups is 1. The van der Waals surface area contributed by atoms with Crippen molar-refractivity contribution >= 4 is 36.0 Å². The summed E-state index contributed by atoms with van der Waals surface area (Å²) in [6.45, 7) is 0.330. The molecule has 0 bridgehead atoms. The number of ether oxygens (including phenoxy) is 2. The first-order valence-electron chi connectivity index (χ1n) is 9.33. The van der Waals surface area contributed by atoms with Gasteiger partial charge in [0.2, 0.25) is 0 Å². The van der Waals surface area contributed by atoms with Crippen LogP contribution in [0.1, 0.15) is 24.0 Å². The van der Waals surface area contributed by atoms with Crippen LogP contribution < -0.4 is 10.6 Å². The van der Waals surface area contributed by atoms with E-state index in [9.17, 15) is 18.0 Å². The van der Waals surface area contributed by atoms with Crippen LogP contribution >= 0.6 is 24.0 Å². The van der Waals surface area contributed by atoms with Gasteiger partial charge in [-0.15, -0.1) is 24.0 Å². The Labute approximate surface area is 191 Å². The fourth-order valence-corrected chi connectivity index (χ4v) is 3.02. The molecule has 2 rings (SSSR count). The molecule has 0 saturated carbocycles. The summed E-state index contributed by atoms with van der Waals surface area (Å²) in [5, 5.41) is 6.53. The van der Waals surface area contributed by atoms with Crippen molar-refractivity contribution in [3.63, 3.8) is 0 Å². The fraction of sp³-hybridized carbons (Fsp3) is 0.579. The van der Waals surface area contributed by atoms with Crippen LogP contribution in [0.2, 0.25) is 0 Å². The number of halogens is 4. The molecule has 0 unspecified atom stereocenters. The molecule has 1 saturated heterocycles. The lowest BCUT2D eigenvalue weighted by Crippen LogP contribution is -2.49. The van der Waals surface area contributed by atoms with E-state index in [1.807, 2.05) is 6.07 Å². The molecule has 0 aliphatic carbocycles. The molecule has 1 fully saturated rings. The van der Waals surface area contributed by atoms with Gasteiger partial charge in [-0.05, 0) is 24.0 Å². The van der Waals surface area contributed by atoms with Gasteiger partial charge < -0.3 is 25.0 Å². The van der Waals surface area contributed by atoms with Crippen molar-refractivity contribution < 1.29 is 27.4 Å². The van der Waals surface area contributed by atoms with Crippen LogP contribution in [-0.4, -0.2) is 63.0 Å². The number of benzene rings is 1. The van der Waals surface area contributed by atoms with Crippen LogP contribution in [0, 0.1) is 0 Å². The topological polar surface area (TPSA) is 75.2 Å². The summed E-state index contributed by atoms with van der Waals surface area (Å²) < 4.78 is 46.0. The largest absolute Gasteiger partial charge is 0.453 e. The molecular weight excluding hydrogens is 516 g/mol. The third-order valence-electron chi connectivity index (χ3n) is 4.48. The normalized spacial score (nSPS) is 15.4. The van der Waals surface area contributed by atoms with Gasteiger partial charge in [0.1, 0.15) is 6.61 Å². The molecule has 1 amide bonds. The molecule has 1 aromatic rings. The van der Waals surface area contributed by atoms with Crippen molar-refractivity contribution in [1.82, 2.24) is 15.5 Å². The number of nitrogens with zero attached hydrogens (tertiary/aromatic N) is 2. The van der Waals surface area contributed by atoms with E-state index in [1.165, 1.54) is 7.11 Å². The van der Waals surface area contributed by atoms with Crippen LogP contribution in [0.3, 0.4) is 0 Å². The van der Waals surface area contributed by atoms with E-state index in [4.69, 9.17) is 9.47 Å². The Bertz CT molecular complexity index is 696. The first-order valence-corrected chi connectivity index (χ1v) is 9.33. The maximum Gasteiger partial charge on any atom is 0.411 e. The van der Waals surface area contributed by atoms with Gasteiger partial charge in [0.25, 0.3) is 0 Å². The van der Waals surface area contributed by atoms with E-state index in [0.717, 1.165) is 18.4 Å². The van der Waals surface area contributed by atoms with Gasteiger partial charge in [-0.1, -0.05) is 24.3 Å². The van der Waals surface area contributed by atoms with Crippen molar-refractivity contribution in [3.8, 4) is 0 Å². The summed E-state index contributed by atoms with van der Waals surface area (Å²) >= 11 is 0. The van der Waals surface area contributed by atoms with E-state index >= 15 is 0 Å². The molecule has 1 aromatic carbocycles. The molecule has 1 heterocycles. The first-order chi connectivity index (χ1) is 13.8. The Morgan fingerprint density at radius 1 is 1.27 bits per heavy atom. The fourth-order valence-electron chi connectivity index (χ4n) is 3.02. The molecular formula is C19H28F3IN4O3. The lowest BCUT2D eigenvalue weighted by Gasteiger charge is -2.32. The molecule has 0 spiro atoms. The van der Waals surface area contributed by atoms with E-state index in [2.05, 4.69) is 15.6 Å². The monoisotopic (exact) mass is 544 g/mol.